The lowest BCUT2D eigenvalue weighted by atomic mass is 9.77. The molecule has 0 radical (unpaired) electrons. The van der Waals surface area contributed by atoms with Crippen LogP contribution in [0.15, 0.2) is 21.6 Å². The second-order valence-corrected chi connectivity index (χ2v) is 12.1. The van der Waals surface area contributed by atoms with Gasteiger partial charge in [-0.3, -0.25) is 9.89 Å². The van der Waals surface area contributed by atoms with Gasteiger partial charge >= 0.3 is 0 Å². The second-order valence-electron chi connectivity index (χ2n) is 12.1. The molecule has 2 N–H and O–H groups in total. The van der Waals surface area contributed by atoms with Crippen molar-refractivity contribution in [1.82, 2.24) is 9.80 Å². The van der Waals surface area contributed by atoms with E-state index in [1.54, 1.807) is 5.57 Å². The first-order valence-electron chi connectivity index (χ1n) is 13.4. The van der Waals surface area contributed by atoms with Crippen LogP contribution in [0.5, 0.6) is 0 Å². The van der Waals surface area contributed by atoms with E-state index in [0.29, 0.717) is 35.0 Å². The van der Waals surface area contributed by atoms with E-state index in [9.17, 15) is 0 Å². The van der Waals surface area contributed by atoms with Crippen molar-refractivity contribution in [3.05, 3.63) is 11.6 Å². The lowest BCUT2D eigenvalue weighted by molar-refractivity contribution is 0.0215. The van der Waals surface area contributed by atoms with Crippen LogP contribution in [-0.2, 0) is 4.74 Å². The second kappa shape index (κ2) is 9.43. The van der Waals surface area contributed by atoms with Gasteiger partial charge in [-0.05, 0) is 76.0 Å². The van der Waals surface area contributed by atoms with Gasteiger partial charge in [-0.15, -0.1) is 0 Å². The molecule has 3 aliphatic carbocycles. The summed E-state index contributed by atoms with van der Waals surface area (Å²) in [4.78, 5) is 14.8. The molecule has 1 spiro atoms. The molecule has 6 heteroatoms. The third-order valence-electron chi connectivity index (χ3n) is 9.23. The molecule has 0 aromatic rings. The van der Waals surface area contributed by atoms with E-state index in [2.05, 4.69) is 29.7 Å². The minimum absolute atomic E-state index is 0.316. The van der Waals surface area contributed by atoms with Gasteiger partial charge in [-0.1, -0.05) is 18.6 Å². The predicted octanol–water partition coefficient (Wildman–Crippen LogP) is 4.00. The number of methoxy groups -OCH3 is 1. The van der Waals surface area contributed by atoms with Crippen molar-refractivity contribution in [3.63, 3.8) is 0 Å². The highest BCUT2D eigenvalue weighted by molar-refractivity contribution is 5.91. The van der Waals surface area contributed by atoms with E-state index < -0.39 is 0 Å². The molecule has 5 aliphatic rings. The van der Waals surface area contributed by atoms with Gasteiger partial charge < -0.3 is 15.4 Å². The van der Waals surface area contributed by atoms with Crippen LogP contribution in [0.25, 0.3) is 0 Å². The van der Waals surface area contributed by atoms with Crippen LogP contribution in [0.4, 0.5) is 0 Å². The van der Waals surface area contributed by atoms with E-state index in [1.807, 2.05) is 13.4 Å². The average Bonchev–Trinajstić information content (AvgIpc) is 3.74. The Labute approximate surface area is 200 Å². The van der Waals surface area contributed by atoms with Gasteiger partial charge in [0.05, 0.1) is 12.6 Å². The van der Waals surface area contributed by atoms with Crippen LogP contribution < -0.4 is 5.73 Å². The maximum Gasteiger partial charge on any atom is 0.112 e. The zero-order valence-corrected chi connectivity index (χ0v) is 21.1. The molecule has 5 rings (SSSR count). The smallest absolute Gasteiger partial charge is 0.112 e. The normalized spacial score (nSPS) is 35.0. The Bertz CT molecular complexity index is 796. The summed E-state index contributed by atoms with van der Waals surface area (Å²) in [5.74, 6) is 1.81. The van der Waals surface area contributed by atoms with E-state index in [4.69, 9.17) is 20.5 Å². The topological polar surface area (TPSA) is 66.5 Å². The highest BCUT2D eigenvalue weighted by atomic mass is 16.5. The van der Waals surface area contributed by atoms with Crippen molar-refractivity contribution in [2.75, 3.05) is 33.4 Å². The number of aliphatic imine (C=N–C) groups is 2. The van der Waals surface area contributed by atoms with E-state index in [1.165, 1.54) is 50.8 Å². The van der Waals surface area contributed by atoms with Crippen LogP contribution in [0.3, 0.4) is 0 Å². The monoisotopic (exact) mass is 455 g/mol. The minimum Gasteiger partial charge on any atom is -0.383 e. The standard InChI is InChI=1S/C27H45N5O/c1-20(17-33-3)32-13-12-31(18-27(32)10-11-27)25-16-23(29-19-30-25)15-22-14-21(4-5-24(22)28)6-7-26(2)8-9-26/h6,19-20,22-24H,4-5,7-18,28H2,1-3H3/b21-6-. The Morgan fingerprint density at radius 3 is 2.79 bits per heavy atom. The quantitative estimate of drug-likeness (QED) is 0.589. The zero-order chi connectivity index (χ0) is 23.1. The summed E-state index contributed by atoms with van der Waals surface area (Å²) in [6.07, 6.45) is 16.6. The summed E-state index contributed by atoms with van der Waals surface area (Å²) in [6.45, 7) is 8.82. The van der Waals surface area contributed by atoms with Crippen LogP contribution in [0, 0.1) is 11.3 Å². The number of hydrogen-bond donors (Lipinski definition) is 1. The number of ether oxygens (including phenoxy) is 1. The Morgan fingerprint density at radius 2 is 2.06 bits per heavy atom. The Balaban J connectivity index is 1.16. The zero-order valence-electron chi connectivity index (χ0n) is 21.1. The molecule has 0 aromatic carbocycles. The van der Waals surface area contributed by atoms with Gasteiger partial charge in [0.1, 0.15) is 12.2 Å². The summed E-state index contributed by atoms with van der Waals surface area (Å²) < 4.78 is 5.45. The Kier molecular flexibility index (Phi) is 6.71. The van der Waals surface area contributed by atoms with Crippen molar-refractivity contribution in [3.8, 4) is 0 Å². The van der Waals surface area contributed by atoms with E-state index in [-0.39, 0.29) is 0 Å². The van der Waals surface area contributed by atoms with Gasteiger partial charge in [0, 0.05) is 50.8 Å². The molecule has 2 aliphatic heterocycles. The number of nitrogens with zero attached hydrogens (tertiary/aromatic N) is 4. The van der Waals surface area contributed by atoms with Crippen molar-refractivity contribution in [2.45, 2.75) is 102 Å². The van der Waals surface area contributed by atoms with Crippen molar-refractivity contribution in [2.24, 2.45) is 27.1 Å². The average molecular weight is 456 g/mol. The number of piperazine rings is 1. The first kappa shape index (κ1) is 23.5. The van der Waals surface area contributed by atoms with Crippen molar-refractivity contribution >= 4 is 12.2 Å². The number of rotatable bonds is 7. The Hall–Kier alpha value is -1.24. The maximum atomic E-state index is 6.61. The van der Waals surface area contributed by atoms with Crippen LogP contribution >= 0.6 is 0 Å². The molecule has 33 heavy (non-hydrogen) atoms. The van der Waals surface area contributed by atoms with Crippen LogP contribution in [0.2, 0.25) is 0 Å². The number of amidine groups is 1. The van der Waals surface area contributed by atoms with Crippen molar-refractivity contribution in [1.29, 1.82) is 0 Å². The summed E-state index contributed by atoms with van der Waals surface area (Å²) >= 11 is 0. The SMILES string of the molecule is COCC(C)N1CCN(C2=NC=NC(CC3C/C(=C\CC4(C)CC4)CCC3N)C2)CC12CC2. The Morgan fingerprint density at radius 1 is 1.24 bits per heavy atom. The van der Waals surface area contributed by atoms with Gasteiger partial charge in [-0.25, -0.2) is 4.99 Å². The third-order valence-corrected chi connectivity index (χ3v) is 9.23. The third kappa shape index (κ3) is 5.38. The molecule has 4 fully saturated rings. The van der Waals surface area contributed by atoms with Gasteiger partial charge in [0.25, 0.3) is 0 Å². The largest absolute Gasteiger partial charge is 0.383 e. The highest BCUT2D eigenvalue weighted by Gasteiger charge is 2.53. The van der Waals surface area contributed by atoms with E-state index >= 15 is 0 Å². The molecule has 0 amide bonds. The lowest BCUT2D eigenvalue weighted by Crippen LogP contribution is -2.60. The number of allylic oxidation sites excluding steroid dienone is 2. The predicted molar refractivity (Wildman–Crippen MR) is 136 cm³/mol. The lowest BCUT2D eigenvalue weighted by Gasteiger charge is -2.46. The fraction of sp³-hybridized carbons (Fsp3) is 0.852. The molecule has 0 aromatic heterocycles. The maximum absolute atomic E-state index is 6.61. The van der Waals surface area contributed by atoms with Gasteiger partial charge in [-0.2, -0.15) is 0 Å². The molecular formula is C27H45N5O. The van der Waals surface area contributed by atoms with Gasteiger partial charge in [0.2, 0.25) is 0 Å². The first-order valence-corrected chi connectivity index (χ1v) is 13.4. The molecule has 184 valence electrons. The fourth-order valence-corrected chi connectivity index (χ4v) is 6.46. The summed E-state index contributed by atoms with van der Waals surface area (Å²) in [6, 6.07) is 1.13. The molecular weight excluding hydrogens is 410 g/mol. The van der Waals surface area contributed by atoms with E-state index in [0.717, 1.165) is 45.5 Å². The molecule has 4 unspecified atom stereocenters. The first-order chi connectivity index (χ1) is 15.9. The summed E-state index contributed by atoms with van der Waals surface area (Å²) in [5, 5.41) is 0. The molecule has 6 nitrogen and oxygen atoms in total. The van der Waals surface area contributed by atoms with Crippen molar-refractivity contribution < 1.29 is 4.74 Å². The minimum atomic E-state index is 0.316. The fourth-order valence-electron chi connectivity index (χ4n) is 6.46. The summed E-state index contributed by atoms with van der Waals surface area (Å²) in [5.41, 5.74) is 9.20. The summed E-state index contributed by atoms with van der Waals surface area (Å²) in [7, 11) is 1.81. The molecule has 1 saturated heterocycles. The van der Waals surface area contributed by atoms with Crippen LogP contribution in [0.1, 0.15) is 78.1 Å². The molecule has 2 heterocycles. The molecule has 4 atom stereocenters. The van der Waals surface area contributed by atoms with Crippen LogP contribution in [-0.4, -0.2) is 79.0 Å². The molecule has 0 bridgehead atoms. The highest BCUT2D eigenvalue weighted by Crippen LogP contribution is 2.49. The van der Waals surface area contributed by atoms with Gasteiger partial charge in [0.15, 0.2) is 0 Å². The number of nitrogens with two attached hydrogens (primary N) is 1. The number of hydrogen-bond acceptors (Lipinski definition) is 6. The molecule has 3 saturated carbocycles.